The van der Waals surface area contributed by atoms with Gasteiger partial charge in [0.2, 0.25) is 53.2 Å². The lowest BCUT2D eigenvalue weighted by molar-refractivity contribution is -0.137. The van der Waals surface area contributed by atoms with Gasteiger partial charge in [0, 0.05) is 42.1 Å². The Balaban J connectivity index is 1.58. The smallest absolute Gasteiger partial charge is 0.279 e. The fourth-order valence-corrected chi connectivity index (χ4v) is 9.09. The van der Waals surface area contributed by atoms with E-state index in [9.17, 15) is 63.3 Å². The van der Waals surface area contributed by atoms with Gasteiger partial charge in [-0.25, -0.2) is 0 Å². The van der Waals surface area contributed by atoms with Crippen molar-refractivity contribution < 1.29 is 63.3 Å². The number of rotatable bonds is 19. The van der Waals surface area contributed by atoms with Gasteiger partial charge < -0.3 is 80.8 Å². The first-order valence-corrected chi connectivity index (χ1v) is 27.0. The molecule has 434 valence electrons. The summed E-state index contributed by atoms with van der Waals surface area (Å²) in [5.41, 5.74) is 25.2. The van der Waals surface area contributed by atoms with Crippen LogP contribution in [0.1, 0.15) is 58.8 Å². The highest BCUT2D eigenvalue weighted by Gasteiger charge is 2.37. The van der Waals surface area contributed by atoms with Crippen LogP contribution in [0.2, 0.25) is 5.02 Å². The summed E-state index contributed by atoms with van der Waals surface area (Å²) < 4.78 is 0. The number of thioether (sulfide) groups is 1. The van der Waals surface area contributed by atoms with Crippen molar-refractivity contribution in [3.8, 4) is 11.5 Å². The Labute approximate surface area is 475 Å². The summed E-state index contributed by atoms with van der Waals surface area (Å²) in [7, 11) is 0. The number of amides is 10. The van der Waals surface area contributed by atoms with Gasteiger partial charge in [0.15, 0.2) is 0 Å². The standard InChI is InChI=1S/C54H67ClN12O13S/c1-28(68)44-53(79)65-42(51(77)62-39(46(59)72)23-31-9-17-35(69)18-10-31)26-60-54(80)81-27-43(66-47(73)37(57)22-29-7-15-34(55)16-8-29)52(78)64-41(25-32-11-19-36(70)20-12-32)50(76)63-40(24-30-5-13-33(14-6-30)45(58)71)49(75)61-38(48(74)67-44)4-2-3-21-56/h5-20,28,37-44,68-70H,2-4,21-27,56-57H2,1H3,(H2,58,71)(H2,59,72)(H,60,80)(H,61,75)(H,62,77)(H,63,76)(H,64,78)(H,65,79)(H,66,73)(H,67,74)/t28?,37-,38-,39+,40+,41-,42-,43+,44?/m0/s1. The number of carbonyl (C=O) groups is 10. The van der Waals surface area contributed by atoms with Crippen molar-refractivity contribution in [1.29, 1.82) is 0 Å². The van der Waals surface area contributed by atoms with Gasteiger partial charge in [-0.1, -0.05) is 71.9 Å². The molecule has 2 unspecified atom stereocenters. The molecule has 1 heterocycles. The topological polar surface area (TPSA) is 432 Å². The van der Waals surface area contributed by atoms with E-state index in [0.717, 1.165) is 6.92 Å². The van der Waals surface area contributed by atoms with Gasteiger partial charge >= 0.3 is 0 Å². The van der Waals surface area contributed by atoms with E-state index in [2.05, 4.69) is 42.5 Å². The van der Waals surface area contributed by atoms with Crippen molar-refractivity contribution in [2.75, 3.05) is 18.8 Å². The van der Waals surface area contributed by atoms with Crippen molar-refractivity contribution in [2.24, 2.45) is 22.9 Å². The maximum Gasteiger partial charge on any atom is 0.279 e. The molecule has 4 aromatic rings. The zero-order valence-corrected chi connectivity index (χ0v) is 45.6. The van der Waals surface area contributed by atoms with Crippen LogP contribution in [0, 0.1) is 0 Å². The van der Waals surface area contributed by atoms with Crippen LogP contribution in [0.25, 0.3) is 0 Å². The number of phenolic OH excluding ortho intramolecular Hbond substituents is 2. The van der Waals surface area contributed by atoms with Crippen LogP contribution in [-0.4, -0.2) is 147 Å². The maximum absolute atomic E-state index is 14.7. The molecule has 5 rings (SSSR count). The normalized spacial score (nSPS) is 20.9. The number of aliphatic hydroxyl groups excluding tert-OH is 1. The molecule has 0 aliphatic carbocycles. The Bertz CT molecular complexity index is 2870. The van der Waals surface area contributed by atoms with Crippen LogP contribution in [-0.2, 0) is 64.0 Å². The van der Waals surface area contributed by atoms with E-state index in [0.29, 0.717) is 45.5 Å². The van der Waals surface area contributed by atoms with Crippen molar-refractivity contribution >= 4 is 81.8 Å². The first-order valence-electron chi connectivity index (χ1n) is 25.6. The van der Waals surface area contributed by atoms with Crippen molar-refractivity contribution in [3.63, 3.8) is 0 Å². The zero-order chi connectivity index (χ0) is 59.3. The summed E-state index contributed by atoms with van der Waals surface area (Å²) in [4.78, 5) is 139. The first kappa shape index (κ1) is 63.5. The highest BCUT2D eigenvalue weighted by Crippen LogP contribution is 2.17. The highest BCUT2D eigenvalue weighted by molar-refractivity contribution is 8.13. The molecule has 1 saturated heterocycles. The van der Waals surface area contributed by atoms with E-state index >= 15 is 0 Å². The highest BCUT2D eigenvalue weighted by atomic mass is 35.5. The molecule has 0 bridgehead atoms. The molecular formula is C54H67ClN12O13S. The predicted octanol–water partition coefficient (Wildman–Crippen LogP) is -1.71. The molecule has 0 aromatic heterocycles. The van der Waals surface area contributed by atoms with E-state index < -0.39 is 125 Å². The largest absolute Gasteiger partial charge is 0.508 e. The summed E-state index contributed by atoms with van der Waals surface area (Å²) in [6.07, 6.45) is -1.99. The SMILES string of the molecule is CC(O)C1NC(=O)[C@H](CCCCN)NC(=O)[C@@H](Cc2ccc(C(N)=O)cc2)NC(=O)[C@H](Cc2ccc(O)cc2)NC(=O)[C@H](NC(=O)[C@@H](N)Cc2ccc(Cl)cc2)CSC(=O)NC[C@@H](C(=O)N[C@H](Cc2ccc(O)cc2)C(N)=O)NC1=O. The van der Waals surface area contributed by atoms with Gasteiger partial charge in [0.1, 0.15) is 53.8 Å². The lowest BCUT2D eigenvalue weighted by Crippen LogP contribution is -2.63. The zero-order valence-electron chi connectivity index (χ0n) is 44.0. The molecule has 1 aliphatic rings. The number of aliphatic hydroxyl groups is 1. The number of primary amides is 2. The predicted molar refractivity (Wildman–Crippen MR) is 299 cm³/mol. The molecule has 1 fully saturated rings. The quantitative estimate of drug-likeness (QED) is 0.0465. The van der Waals surface area contributed by atoms with Crippen molar-refractivity contribution in [2.45, 2.75) is 106 Å². The molecule has 25 nitrogen and oxygen atoms in total. The van der Waals surface area contributed by atoms with Crippen molar-refractivity contribution in [1.82, 2.24) is 42.5 Å². The second kappa shape index (κ2) is 30.9. The average molecular weight is 1160 g/mol. The van der Waals surface area contributed by atoms with Crippen LogP contribution in [0.15, 0.2) is 97.1 Å². The maximum atomic E-state index is 14.7. The minimum Gasteiger partial charge on any atom is -0.508 e. The van der Waals surface area contributed by atoms with E-state index in [4.69, 9.17) is 34.5 Å². The summed E-state index contributed by atoms with van der Waals surface area (Å²) in [6, 6.07) is 10.8. The molecule has 4 aromatic carbocycles. The van der Waals surface area contributed by atoms with Crippen LogP contribution >= 0.6 is 23.4 Å². The first-order chi connectivity index (χ1) is 38.5. The van der Waals surface area contributed by atoms with E-state index in [1.54, 1.807) is 24.3 Å². The number of nitrogens with two attached hydrogens (primary N) is 4. The van der Waals surface area contributed by atoms with Gasteiger partial charge in [0.05, 0.1) is 12.1 Å². The third-order valence-electron chi connectivity index (χ3n) is 12.8. The molecule has 1 aliphatic heterocycles. The summed E-state index contributed by atoms with van der Waals surface area (Å²) in [5, 5.41) is 50.5. The van der Waals surface area contributed by atoms with Gasteiger partial charge in [-0.3, -0.25) is 47.9 Å². The van der Waals surface area contributed by atoms with Crippen LogP contribution in [0.3, 0.4) is 0 Å². The van der Waals surface area contributed by atoms with E-state index in [1.165, 1.54) is 72.8 Å². The molecule has 0 spiro atoms. The van der Waals surface area contributed by atoms with Crippen LogP contribution in [0.5, 0.6) is 11.5 Å². The Morgan fingerprint density at radius 1 is 0.667 bits per heavy atom. The Morgan fingerprint density at radius 3 is 1.72 bits per heavy atom. The lowest BCUT2D eigenvalue weighted by Gasteiger charge is -2.28. The van der Waals surface area contributed by atoms with Crippen LogP contribution in [0.4, 0.5) is 4.79 Å². The number of phenols is 2. The molecule has 27 heteroatoms. The third kappa shape index (κ3) is 20.4. The van der Waals surface area contributed by atoms with E-state index in [-0.39, 0.29) is 62.1 Å². The lowest BCUT2D eigenvalue weighted by atomic mass is 10.00. The second-order valence-corrected chi connectivity index (χ2v) is 20.6. The van der Waals surface area contributed by atoms with Gasteiger partial charge in [0.25, 0.3) is 5.24 Å². The number of aromatic hydroxyl groups is 2. The molecule has 0 saturated carbocycles. The molecule has 9 atom stereocenters. The second-order valence-electron chi connectivity index (χ2n) is 19.2. The fourth-order valence-electron chi connectivity index (χ4n) is 8.22. The average Bonchev–Trinajstić information content (AvgIpc) is 3.44. The van der Waals surface area contributed by atoms with Crippen LogP contribution < -0.4 is 65.5 Å². The van der Waals surface area contributed by atoms with Crippen molar-refractivity contribution in [3.05, 3.63) is 130 Å². The number of nitrogens with one attached hydrogen (secondary N) is 8. The fraction of sp³-hybridized carbons (Fsp3) is 0.370. The summed E-state index contributed by atoms with van der Waals surface area (Å²) >= 11 is 6.48. The number of halogens is 1. The third-order valence-corrected chi connectivity index (χ3v) is 14.0. The molecule has 10 amide bonds. The number of unbranched alkanes of at least 4 members (excludes halogenated alkanes) is 1. The monoisotopic (exact) mass is 1160 g/mol. The minimum atomic E-state index is -1.85. The summed E-state index contributed by atoms with van der Waals surface area (Å²) in [5.74, 6) is -9.58. The van der Waals surface area contributed by atoms with E-state index in [1.807, 2.05) is 0 Å². The van der Waals surface area contributed by atoms with Gasteiger partial charge in [-0.15, -0.1) is 0 Å². The number of hydrogen-bond donors (Lipinski definition) is 15. The molecule has 81 heavy (non-hydrogen) atoms. The van der Waals surface area contributed by atoms with Gasteiger partial charge in [-0.2, -0.15) is 0 Å². The molecule has 0 radical (unpaired) electrons. The Morgan fingerprint density at radius 2 is 1.17 bits per heavy atom. The minimum absolute atomic E-state index is 0.0306. The number of hydrogen-bond acceptors (Lipinski definition) is 16. The Hall–Kier alpha value is -8.30. The number of benzene rings is 4. The summed E-state index contributed by atoms with van der Waals surface area (Å²) in [6.45, 7) is 0.601. The van der Waals surface area contributed by atoms with Gasteiger partial charge in [-0.05, 0) is 110 Å². The molecular weight excluding hydrogens is 1090 g/mol. The Kier molecular flexibility index (Phi) is 24.2. The number of carbonyl (C=O) groups excluding carboxylic acids is 10. The molecule has 19 N–H and O–H groups in total.